The first-order valence-corrected chi connectivity index (χ1v) is 5.68. The molecule has 3 rings (SSSR count). The maximum Gasteiger partial charge on any atom is 0.322 e. The van der Waals surface area contributed by atoms with Gasteiger partial charge in [-0.3, -0.25) is 9.59 Å². The average Bonchev–Trinajstić information content (AvgIpc) is 2.64. The summed E-state index contributed by atoms with van der Waals surface area (Å²) in [5.74, 6) is 1.88. The molecule has 4 nitrogen and oxygen atoms in total. The lowest BCUT2D eigenvalue weighted by Crippen LogP contribution is -2.32. The third-order valence-electron chi connectivity index (χ3n) is 4.45. The maximum atomic E-state index is 11.7. The van der Waals surface area contributed by atoms with E-state index < -0.39 is 5.97 Å². The quantitative estimate of drug-likeness (QED) is 0.710. The van der Waals surface area contributed by atoms with Crippen molar-refractivity contribution in [2.75, 3.05) is 6.54 Å². The van der Waals surface area contributed by atoms with Crippen molar-refractivity contribution in [2.45, 2.75) is 19.3 Å². The van der Waals surface area contributed by atoms with Crippen LogP contribution in [0, 0.1) is 29.6 Å². The lowest BCUT2D eigenvalue weighted by molar-refractivity contribution is -0.138. The standard InChI is InChI=1S/C11H15NO3/c13-7(14)4-12-11(15)10-8-5-1-2-6(3-5)9(8)10/h5-6,8-10H,1-4H2,(H,12,15)(H,13,14)/t5-,6-,8-,9-/m0/s1. The molecule has 0 unspecified atom stereocenters. The van der Waals surface area contributed by atoms with Crippen molar-refractivity contribution in [2.24, 2.45) is 29.6 Å². The summed E-state index contributed by atoms with van der Waals surface area (Å²) in [5.41, 5.74) is 0. The van der Waals surface area contributed by atoms with E-state index in [0.29, 0.717) is 11.8 Å². The van der Waals surface area contributed by atoms with E-state index in [-0.39, 0.29) is 18.4 Å². The molecular weight excluding hydrogens is 194 g/mol. The summed E-state index contributed by atoms with van der Waals surface area (Å²) in [4.78, 5) is 22.0. The Labute approximate surface area is 88.0 Å². The van der Waals surface area contributed by atoms with Crippen LogP contribution in [0.1, 0.15) is 19.3 Å². The summed E-state index contributed by atoms with van der Waals surface area (Å²) in [6, 6.07) is 0. The van der Waals surface area contributed by atoms with Crippen LogP contribution in [-0.2, 0) is 9.59 Å². The first kappa shape index (κ1) is 9.19. The number of carboxylic acids is 1. The van der Waals surface area contributed by atoms with Crippen molar-refractivity contribution in [3.63, 3.8) is 0 Å². The Morgan fingerprint density at radius 2 is 1.80 bits per heavy atom. The van der Waals surface area contributed by atoms with Gasteiger partial charge in [0.1, 0.15) is 6.54 Å². The third kappa shape index (κ3) is 1.27. The Morgan fingerprint density at radius 1 is 1.20 bits per heavy atom. The molecule has 3 fully saturated rings. The van der Waals surface area contributed by atoms with Crippen LogP contribution in [0.4, 0.5) is 0 Å². The minimum atomic E-state index is -0.961. The molecule has 0 aromatic carbocycles. The van der Waals surface area contributed by atoms with Crippen LogP contribution in [-0.4, -0.2) is 23.5 Å². The number of amides is 1. The smallest absolute Gasteiger partial charge is 0.322 e. The van der Waals surface area contributed by atoms with Crippen LogP contribution >= 0.6 is 0 Å². The van der Waals surface area contributed by atoms with Gasteiger partial charge in [-0.15, -0.1) is 0 Å². The third-order valence-corrected chi connectivity index (χ3v) is 4.45. The Hall–Kier alpha value is -1.06. The average molecular weight is 209 g/mol. The fourth-order valence-corrected chi connectivity index (χ4v) is 3.96. The summed E-state index contributed by atoms with van der Waals surface area (Å²) in [6.07, 6.45) is 3.89. The Bertz CT molecular complexity index is 312. The summed E-state index contributed by atoms with van der Waals surface area (Å²) >= 11 is 0. The molecular formula is C11H15NO3. The molecule has 15 heavy (non-hydrogen) atoms. The molecule has 0 heterocycles. The van der Waals surface area contributed by atoms with Gasteiger partial charge in [0.05, 0.1) is 0 Å². The molecule has 2 N–H and O–H groups in total. The zero-order chi connectivity index (χ0) is 10.6. The molecule has 0 aromatic heterocycles. The van der Waals surface area contributed by atoms with Crippen molar-refractivity contribution < 1.29 is 14.7 Å². The van der Waals surface area contributed by atoms with Gasteiger partial charge in [0.2, 0.25) is 5.91 Å². The summed E-state index contributed by atoms with van der Waals surface area (Å²) in [5, 5.41) is 11.0. The second-order valence-electron chi connectivity index (χ2n) is 5.13. The van der Waals surface area contributed by atoms with E-state index in [4.69, 9.17) is 5.11 Å². The molecule has 0 radical (unpaired) electrons. The number of hydrogen-bond donors (Lipinski definition) is 2. The van der Waals surface area contributed by atoms with Crippen molar-refractivity contribution in [3.8, 4) is 0 Å². The number of carbonyl (C=O) groups is 2. The van der Waals surface area contributed by atoms with Crippen LogP contribution in [0.25, 0.3) is 0 Å². The van der Waals surface area contributed by atoms with E-state index in [1.807, 2.05) is 0 Å². The topological polar surface area (TPSA) is 66.4 Å². The van der Waals surface area contributed by atoms with Crippen molar-refractivity contribution >= 4 is 11.9 Å². The minimum absolute atomic E-state index is 0.0241. The second-order valence-corrected chi connectivity index (χ2v) is 5.13. The van der Waals surface area contributed by atoms with Gasteiger partial charge in [-0.2, -0.15) is 0 Å². The molecule has 0 spiro atoms. The van der Waals surface area contributed by atoms with Gasteiger partial charge in [0.25, 0.3) is 0 Å². The highest BCUT2D eigenvalue weighted by atomic mass is 16.4. The van der Waals surface area contributed by atoms with Crippen molar-refractivity contribution in [1.29, 1.82) is 0 Å². The largest absolute Gasteiger partial charge is 0.480 e. The van der Waals surface area contributed by atoms with E-state index in [0.717, 1.165) is 11.8 Å². The molecule has 0 saturated heterocycles. The van der Waals surface area contributed by atoms with Crippen molar-refractivity contribution in [3.05, 3.63) is 0 Å². The number of aliphatic carboxylic acids is 1. The summed E-state index contributed by atoms with van der Waals surface area (Å²) in [7, 11) is 0. The first-order valence-electron chi connectivity index (χ1n) is 5.68. The number of hydrogen-bond acceptors (Lipinski definition) is 2. The zero-order valence-corrected chi connectivity index (χ0v) is 8.48. The van der Waals surface area contributed by atoms with E-state index in [2.05, 4.69) is 5.32 Å². The van der Waals surface area contributed by atoms with Gasteiger partial charge >= 0.3 is 5.97 Å². The molecule has 4 heteroatoms. The van der Waals surface area contributed by atoms with Crippen LogP contribution in [0.3, 0.4) is 0 Å². The van der Waals surface area contributed by atoms with Crippen LogP contribution in [0.15, 0.2) is 0 Å². The number of nitrogens with one attached hydrogen (secondary N) is 1. The normalized spacial score (nSPS) is 44.9. The van der Waals surface area contributed by atoms with Crippen molar-refractivity contribution in [1.82, 2.24) is 5.32 Å². The molecule has 2 bridgehead atoms. The number of carbonyl (C=O) groups excluding carboxylic acids is 1. The Morgan fingerprint density at radius 3 is 2.33 bits per heavy atom. The van der Waals surface area contributed by atoms with Crippen LogP contribution in [0.2, 0.25) is 0 Å². The second kappa shape index (κ2) is 2.97. The molecule has 82 valence electrons. The molecule has 0 aromatic rings. The lowest BCUT2D eigenvalue weighted by atomic mass is 10.0. The Kier molecular flexibility index (Phi) is 1.82. The first-order chi connectivity index (χ1) is 7.18. The van der Waals surface area contributed by atoms with Gasteiger partial charge in [-0.05, 0) is 42.9 Å². The fourth-order valence-electron chi connectivity index (χ4n) is 3.96. The number of rotatable bonds is 3. The highest BCUT2D eigenvalue weighted by Crippen LogP contribution is 2.69. The SMILES string of the molecule is O=C(O)CNC(=O)C1[C@H]2[C@H]3CC[C@@H](C3)[C@H]12. The van der Waals surface area contributed by atoms with Gasteiger partial charge in [0, 0.05) is 5.92 Å². The van der Waals surface area contributed by atoms with E-state index in [9.17, 15) is 9.59 Å². The van der Waals surface area contributed by atoms with Gasteiger partial charge in [0.15, 0.2) is 0 Å². The predicted molar refractivity (Wildman–Crippen MR) is 51.9 cm³/mol. The summed E-state index contributed by atoms with van der Waals surface area (Å²) < 4.78 is 0. The molecule has 3 saturated carbocycles. The Balaban J connectivity index is 1.58. The molecule has 3 aliphatic rings. The monoisotopic (exact) mass is 209 g/mol. The minimum Gasteiger partial charge on any atom is -0.480 e. The maximum absolute atomic E-state index is 11.7. The van der Waals surface area contributed by atoms with Gasteiger partial charge in [-0.25, -0.2) is 0 Å². The fraction of sp³-hybridized carbons (Fsp3) is 0.818. The lowest BCUT2D eigenvalue weighted by Gasteiger charge is -2.07. The van der Waals surface area contributed by atoms with Crippen LogP contribution < -0.4 is 5.32 Å². The van der Waals surface area contributed by atoms with E-state index in [1.165, 1.54) is 19.3 Å². The zero-order valence-electron chi connectivity index (χ0n) is 8.48. The molecule has 1 amide bonds. The van der Waals surface area contributed by atoms with Gasteiger partial charge < -0.3 is 10.4 Å². The van der Waals surface area contributed by atoms with Crippen LogP contribution in [0.5, 0.6) is 0 Å². The molecule has 3 aliphatic carbocycles. The highest BCUT2D eigenvalue weighted by Gasteiger charge is 2.67. The predicted octanol–water partition coefficient (Wildman–Crippen LogP) is 0.479. The highest BCUT2D eigenvalue weighted by molar-refractivity contribution is 5.85. The molecule has 4 atom stereocenters. The number of carboxylic acid groups (broad SMARTS) is 1. The van der Waals surface area contributed by atoms with E-state index >= 15 is 0 Å². The molecule has 0 aliphatic heterocycles. The summed E-state index contributed by atoms with van der Waals surface area (Å²) in [6.45, 7) is -0.232. The van der Waals surface area contributed by atoms with E-state index in [1.54, 1.807) is 0 Å². The van der Waals surface area contributed by atoms with Gasteiger partial charge in [-0.1, -0.05) is 0 Å². The number of fused-ring (bicyclic) bond motifs is 5.